The van der Waals surface area contributed by atoms with Gasteiger partial charge in [0.1, 0.15) is 5.75 Å². The van der Waals surface area contributed by atoms with E-state index >= 15 is 0 Å². The van der Waals surface area contributed by atoms with Gasteiger partial charge in [-0.2, -0.15) is 18.2 Å². The number of carbonyl (C=O) groups is 2. The molecule has 0 aliphatic heterocycles. The summed E-state index contributed by atoms with van der Waals surface area (Å²) in [6.07, 6.45) is -4.28. The number of H-pyrrole nitrogens is 1. The molecule has 0 saturated carbocycles. The van der Waals surface area contributed by atoms with Crippen LogP contribution in [0.25, 0.3) is 0 Å². The molecule has 0 unspecified atom stereocenters. The predicted molar refractivity (Wildman–Crippen MR) is 81.2 cm³/mol. The number of hydrogen-bond donors (Lipinski definition) is 2. The van der Waals surface area contributed by atoms with E-state index in [0.717, 1.165) is 0 Å². The number of Topliss-reactive ketones (excluding diaryl/α,β-unsaturated/α-hetero) is 1. The highest BCUT2D eigenvalue weighted by Gasteiger charge is 2.35. The Bertz CT molecular complexity index is 741. The molecule has 2 rings (SSSR count). The SMILES string of the molecule is CC(=O)c1ccc(OCCCC(=O)Nc2n[nH]c(C(F)(F)F)n2)cc1. The van der Waals surface area contributed by atoms with Gasteiger partial charge in [-0.3, -0.25) is 20.0 Å². The van der Waals surface area contributed by atoms with Gasteiger partial charge >= 0.3 is 6.18 Å². The molecule has 0 fully saturated rings. The molecule has 1 amide bonds. The fourth-order valence-electron chi connectivity index (χ4n) is 1.84. The first-order valence-corrected chi connectivity index (χ1v) is 7.29. The van der Waals surface area contributed by atoms with E-state index in [1.807, 2.05) is 0 Å². The van der Waals surface area contributed by atoms with Gasteiger partial charge in [0.15, 0.2) is 5.78 Å². The topological polar surface area (TPSA) is 97.0 Å². The molecule has 2 N–H and O–H groups in total. The van der Waals surface area contributed by atoms with Gasteiger partial charge in [-0.1, -0.05) is 0 Å². The number of aromatic amines is 1. The van der Waals surface area contributed by atoms with Crippen LogP contribution in [0.2, 0.25) is 0 Å². The van der Waals surface area contributed by atoms with E-state index in [-0.39, 0.29) is 18.8 Å². The van der Waals surface area contributed by atoms with Crippen LogP contribution in [0.5, 0.6) is 5.75 Å². The van der Waals surface area contributed by atoms with Gasteiger partial charge < -0.3 is 4.74 Å². The molecule has 7 nitrogen and oxygen atoms in total. The zero-order valence-corrected chi connectivity index (χ0v) is 13.2. The van der Waals surface area contributed by atoms with Crippen LogP contribution in [0, 0.1) is 0 Å². The maximum Gasteiger partial charge on any atom is 0.451 e. The van der Waals surface area contributed by atoms with Crippen molar-refractivity contribution in [1.82, 2.24) is 15.2 Å². The molecular formula is C15H15F3N4O3. The lowest BCUT2D eigenvalue weighted by Gasteiger charge is -2.06. The first-order valence-electron chi connectivity index (χ1n) is 7.29. The molecule has 25 heavy (non-hydrogen) atoms. The number of ether oxygens (including phenoxy) is 1. The molecule has 0 aliphatic carbocycles. The Morgan fingerprint density at radius 2 is 1.92 bits per heavy atom. The predicted octanol–water partition coefficient (Wildman–Crippen LogP) is 2.82. The maximum absolute atomic E-state index is 12.3. The van der Waals surface area contributed by atoms with E-state index in [1.165, 1.54) is 6.92 Å². The Balaban J connectivity index is 1.71. The summed E-state index contributed by atoms with van der Waals surface area (Å²) in [5.41, 5.74) is 0.566. The number of amides is 1. The number of nitrogens with zero attached hydrogens (tertiary/aromatic N) is 2. The molecule has 1 heterocycles. The molecule has 2 aromatic rings. The van der Waals surface area contributed by atoms with Gasteiger partial charge in [0.2, 0.25) is 17.7 Å². The summed E-state index contributed by atoms with van der Waals surface area (Å²) in [6, 6.07) is 6.55. The van der Waals surface area contributed by atoms with Crippen LogP contribution in [0.15, 0.2) is 24.3 Å². The molecule has 134 valence electrons. The highest BCUT2D eigenvalue weighted by molar-refractivity contribution is 5.94. The first-order chi connectivity index (χ1) is 11.8. The van der Waals surface area contributed by atoms with Crippen molar-refractivity contribution in [2.45, 2.75) is 25.9 Å². The van der Waals surface area contributed by atoms with E-state index in [1.54, 1.807) is 29.4 Å². The highest BCUT2D eigenvalue weighted by atomic mass is 19.4. The van der Waals surface area contributed by atoms with Crippen molar-refractivity contribution in [3.63, 3.8) is 0 Å². The normalized spacial score (nSPS) is 11.2. The molecule has 0 bridgehead atoms. The fraction of sp³-hybridized carbons (Fsp3) is 0.333. The van der Waals surface area contributed by atoms with Gasteiger partial charge in [-0.15, -0.1) is 5.10 Å². The second kappa shape index (κ2) is 7.77. The minimum atomic E-state index is -4.65. The second-order valence-electron chi connectivity index (χ2n) is 5.09. The minimum Gasteiger partial charge on any atom is -0.494 e. The van der Waals surface area contributed by atoms with E-state index in [4.69, 9.17) is 4.74 Å². The van der Waals surface area contributed by atoms with Crippen LogP contribution in [0.3, 0.4) is 0 Å². The van der Waals surface area contributed by atoms with Gasteiger partial charge in [-0.25, -0.2) is 0 Å². The van der Waals surface area contributed by atoms with Crippen LogP contribution in [-0.2, 0) is 11.0 Å². The number of hydrogen-bond acceptors (Lipinski definition) is 5. The van der Waals surface area contributed by atoms with Crippen LogP contribution < -0.4 is 10.1 Å². The number of halogens is 3. The number of alkyl halides is 3. The van der Waals surface area contributed by atoms with Crippen molar-refractivity contribution in [1.29, 1.82) is 0 Å². The van der Waals surface area contributed by atoms with Gasteiger partial charge in [0, 0.05) is 12.0 Å². The molecule has 1 aromatic heterocycles. The average molecular weight is 356 g/mol. The Morgan fingerprint density at radius 1 is 1.24 bits per heavy atom. The molecule has 0 aliphatic rings. The third-order valence-electron chi connectivity index (χ3n) is 3.08. The van der Waals surface area contributed by atoms with Crippen molar-refractivity contribution in [3.8, 4) is 5.75 Å². The quantitative estimate of drug-likeness (QED) is 0.587. The maximum atomic E-state index is 12.3. The monoisotopic (exact) mass is 356 g/mol. The summed E-state index contributed by atoms with van der Waals surface area (Å²) in [5.74, 6) is -1.74. The lowest BCUT2D eigenvalue weighted by molar-refractivity contribution is -0.144. The van der Waals surface area contributed by atoms with Crippen LogP contribution >= 0.6 is 0 Å². The average Bonchev–Trinajstić information content (AvgIpc) is 3.00. The number of nitrogens with one attached hydrogen (secondary N) is 2. The molecular weight excluding hydrogens is 341 g/mol. The molecule has 0 atom stereocenters. The zero-order chi connectivity index (χ0) is 18.4. The zero-order valence-electron chi connectivity index (χ0n) is 13.2. The number of benzene rings is 1. The van der Waals surface area contributed by atoms with Crippen molar-refractivity contribution >= 4 is 17.6 Å². The summed E-state index contributed by atoms with van der Waals surface area (Å²) < 4.78 is 42.4. The van der Waals surface area contributed by atoms with Crippen LogP contribution in [0.1, 0.15) is 35.9 Å². The molecule has 0 saturated heterocycles. The van der Waals surface area contributed by atoms with Gasteiger partial charge in [-0.05, 0) is 37.6 Å². The molecule has 10 heteroatoms. The van der Waals surface area contributed by atoms with Crippen molar-refractivity contribution < 1.29 is 27.5 Å². The van der Waals surface area contributed by atoms with Crippen molar-refractivity contribution in [3.05, 3.63) is 35.7 Å². The summed E-state index contributed by atoms with van der Waals surface area (Å²) >= 11 is 0. The van der Waals surface area contributed by atoms with Crippen LogP contribution in [-0.4, -0.2) is 33.5 Å². The third kappa shape index (κ3) is 5.59. The number of anilines is 1. The van der Waals surface area contributed by atoms with E-state index in [2.05, 4.69) is 15.4 Å². The van der Waals surface area contributed by atoms with E-state index < -0.39 is 23.9 Å². The van der Waals surface area contributed by atoms with Gasteiger partial charge in [0.05, 0.1) is 6.61 Å². The lowest BCUT2D eigenvalue weighted by atomic mass is 10.1. The summed E-state index contributed by atoms with van der Waals surface area (Å²) in [5, 5.41) is 7.14. The Morgan fingerprint density at radius 3 is 2.48 bits per heavy atom. The number of rotatable bonds is 7. The lowest BCUT2D eigenvalue weighted by Crippen LogP contribution is -2.14. The van der Waals surface area contributed by atoms with Crippen LogP contribution in [0.4, 0.5) is 19.1 Å². The van der Waals surface area contributed by atoms with E-state index in [9.17, 15) is 22.8 Å². The van der Waals surface area contributed by atoms with Crippen molar-refractivity contribution in [2.75, 3.05) is 11.9 Å². The summed E-state index contributed by atoms with van der Waals surface area (Å²) in [4.78, 5) is 25.9. The Hall–Kier alpha value is -2.91. The van der Waals surface area contributed by atoms with Gasteiger partial charge in [0.25, 0.3) is 0 Å². The smallest absolute Gasteiger partial charge is 0.451 e. The second-order valence-corrected chi connectivity index (χ2v) is 5.09. The standard InChI is InChI=1S/C15H15F3N4O3/c1-9(23)10-4-6-11(7-5-10)25-8-2-3-12(24)19-14-20-13(21-22-14)15(16,17)18/h4-7H,2-3,8H2,1H3,(H2,19,20,21,22,24). The highest BCUT2D eigenvalue weighted by Crippen LogP contribution is 2.26. The third-order valence-corrected chi connectivity index (χ3v) is 3.08. The fourth-order valence-corrected chi connectivity index (χ4v) is 1.84. The summed E-state index contributed by atoms with van der Waals surface area (Å²) in [7, 11) is 0. The largest absolute Gasteiger partial charge is 0.494 e. The number of aromatic nitrogens is 3. The first kappa shape index (κ1) is 18.4. The molecule has 0 radical (unpaired) electrons. The Labute approximate surface area is 140 Å². The Kier molecular flexibility index (Phi) is 5.73. The molecule has 0 spiro atoms. The minimum absolute atomic E-state index is 0.0292. The van der Waals surface area contributed by atoms with Crippen molar-refractivity contribution in [2.24, 2.45) is 0 Å². The summed E-state index contributed by atoms with van der Waals surface area (Å²) in [6.45, 7) is 1.69. The van der Waals surface area contributed by atoms with E-state index in [0.29, 0.717) is 17.7 Å². The number of carbonyl (C=O) groups excluding carboxylic acids is 2. The molecule has 1 aromatic carbocycles. The number of ketones is 1.